The fourth-order valence-electron chi connectivity index (χ4n) is 8.74. The highest BCUT2D eigenvalue weighted by atomic mass is 16.5. The van der Waals surface area contributed by atoms with Gasteiger partial charge in [0.1, 0.15) is 18.3 Å². The third-order valence-electron chi connectivity index (χ3n) is 12.9. The molecular formula is C50H99NO7. The maximum Gasteiger partial charge on any atom is 0.220 e. The Morgan fingerprint density at radius 1 is 0.500 bits per heavy atom. The quantitative estimate of drug-likeness (QED) is 0.0336. The van der Waals surface area contributed by atoms with E-state index in [2.05, 4.69) is 19.2 Å². The summed E-state index contributed by atoms with van der Waals surface area (Å²) in [6, 6.07) is -0.833. The van der Waals surface area contributed by atoms with Crippen molar-refractivity contribution in [2.24, 2.45) is 0 Å². The average molecular weight is 826 g/mol. The van der Waals surface area contributed by atoms with Crippen molar-refractivity contribution in [3.63, 3.8) is 0 Å². The Kier molecular flexibility index (Phi) is 38.4. The Morgan fingerprint density at radius 2 is 0.845 bits per heavy atom. The summed E-state index contributed by atoms with van der Waals surface area (Å²) < 4.78 is 5.91. The molecular weight excluding hydrogens is 727 g/mol. The van der Waals surface area contributed by atoms with Crippen LogP contribution in [-0.4, -0.2) is 80.7 Å². The van der Waals surface area contributed by atoms with Crippen LogP contribution >= 0.6 is 0 Å². The maximum absolute atomic E-state index is 13.0. The van der Waals surface area contributed by atoms with Crippen LogP contribution in [0, 0.1) is 0 Å². The number of carbonyl (C=O) groups is 1. The molecule has 58 heavy (non-hydrogen) atoms. The van der Waals surface area contributed by atoms with Crippen LogP contribution in [0.1, 0.15) is 264 Å². The van der Waals surface area contributed by atoms with Gasteiger partial charge in [0.2, 0.25) is 5.91 Å². The molecule has 8 heteroatoms. The molecule has 1 amide bonds. The van der Waals surface area contributed by atoms with Gasteiger partial charge in [0.15, 0.2) is 0 Å². The summed E-state index contributed by atoms with van der Waals surface area (Å²) >= 11 is 0. The second kappa shape index (κ2) is 40.3. The van der Waals surface area contributed by atoms with Crippen LogP contribution in [0.2, 0.25) is 0 Å². The van der Waals surface area contributed by atoms with Crippen molar-refractivity contribution < 1.29 is 35.1 Å². The van der Waals surface area contributed by atoms with Gasteiger partial charge in [-0.15, -0.1) is 0 Å². The van der Waals surface area contributed by atoms with E-state index in [-0.39, 0.29) is 12.5 Å². The number of aliphatic hydroxyl groups excluding tert-OH is 5. The van der Waals surface area contributed by atoms with Gasteiger partial charge in [-0.1, -0.05) is 232 Å². The number of nitrogens with one attached hydrogen (secondary N) is 1. The number of carbonyl (C=O) groups excluding carboxylic acids is 1. The molecule has 0 radical (unpaired) electrons. The van der Waals surface area contributed by atoms with Gasteiger partial charge >= 0.3 is 0 Å². The number of aliphatic hydroxyl groups is 5. The van der Waals surface area contributed by atoms with Crippen LogP contribution in [0.3, 0.4) is 0 Å². The van der Waals surface area contributed by atoms with Crippen molar-refractivity contribution in [2.45, 2.75) is 307 Å². The Labute approximate surface area is 358 Å². The van der Waals surface area contributed by atoms with E-state index in [0.29, 0.717) is 25.7 Å². The minimum atomic E-state index is -1.30. The lowest BCUT2D eigenvalue weighted by Gasteiger charge is -2.36. The second-order valence-electron chi connectivity index (χ2n) is 18.4. The first-order valence-electron chi connectivity index (χ1n) is 25.6. The van der Waals surface area contributed by atoms with Crippen LogP contribution in [0.25, 0.3) is 0 Å². The molecule has 1 aliphatic rings. The third kappa shape index (κ3) is 31.1. The van der Waals surface area contributed by atoms with Gasteiger partial charge in [0.05, 0.1) is 31.0 Å². The molecule has 1 aliphatic carbocycles. The molecule has 0 spiro atoms. The van der Waals surface area contributed by atoms with E-state index in [1.807, 2.05) is 0 Å². The van der Waals surface area contributed by atoms with Gasteiger partial charge in [0.25, 0.3) is 0 Å². The first kappa shape index (κ1) is 55.2. The third-order valence-corrected chi connectivity index (χ3v) is 12.9. The highest BCUT2D eigenvalue weighted by Crippen LogP contribution is 2.24. The topological polar surface area (TPSA) is 139 Å². The first-order valence-corrected chi connectivity index (χ1v) is 25.6. The summed E-state index contributed by atoms with van der Waals surface area (Å²) in [6.45, 7) is 4.45. The number of amides is 1. The monoisotopic (exact) mass is 826 g/mol. The standard InChI is InChI=1S/C50H99NO7/c1-3-5-7-9-11-13-15-17-18-19-20-21-22-23-24-25-26-27-29-31-33-35-37-39-47(54)51-43(42-58-46-41-40-45(53)49(56)50(46)57)48(55)44(52)38-36-34-32-30-28-16-14-12-10-8-6-4-2/h43-46,48-50,52-53,55-57H,3-42H2,1-2H3,(H,51,54). The Bertz CT molecular complexity index is 877. The predicted molar refractivity (Wildman–Crippen MR) is 243 cm³/mol. The fourth-order valence-corrected chi connectivity index (χ4v) is 8.74. The Balaban J connectivity index is 2.19. The highest BCUT2D eigenvalue weighted by Gasteiger charge is 2.38. The number of hydrogen-bond acceptors (Lipinski definition) is 7. The first-order chi connectivity index (χ1) is 28.3. The van der Waals surface area contributed by atoms with Gasteiger partial charge in [-0.25, -0.2) is 0 Å². The molecule has 1 saturated carbocycles. The SMILES string of the molecule is CCCCCCCCCCCCCCCCCCCCCCCCCC(=O)NC(COC1CCC(O)C(O)C1O)C(O)C(O)CCCCCCCCCCCCCC. The van der Waals surface area contributed by atoms with Crippen LogP contribution < -0.4 is 5.32 Å². The molecule has 0 aromatic heterocycles. The van der Waals surface area contributed by atoms with Crippen molar-refractivity contribution in [1.82, 2.24) is 5.32 Å². The molecule has 0 aliphatic heterocycles. The van der Waals surface area contributed by atoms with E-state index in [4.69, 9.17) is 4.74 Å². The molecule has 0 bridgehead atoms. The molecule has 0 saturated heterocycles. The van der Waals surface area contributed by atoms with Gasteiger partial charge in [-0.3, -0.25) is 4.79 Å². The van der Waals surface area contributed by atoms with E-state index in [0.717, 1.165) is 38.5 Å². The highest BCUT2D eigenvalue weighted by molar-refractivity contribution is 5.76. The van der Waals surface area contributed by atoms with E-state index >= 15 is 0 Å². The average Bonchev–Trinajstić information content (AvgIpc) is 3.22. The zero-order valence-electron chi connectivity index (χ0n) is 38.4. The maximum atomic E-state index is 13.0. The number of hydrogen-bond donors (Lipinski definition) is 6. The summed E-state index contributed by atoms with van der Waals surface area (Å²) in [5, 5.41) is 55.5. The molecule has 1 rings (SSSR count). The molecule has 8 nitrogen and oxygen atoms in total. The van der Waals surface area contributed by atoms with Crippen LogP contribution in [0.15, 0.2) is 0 Å². The number of rotatable bonds is 43. The fraction of sp³-hybridized carbons (Fsp3) is 0.980. The lowest BCUT2D eigenvalue weighted by molar-refractivity contribution is -0.160. The van der Waals surface area contributed by atoms with Crippen LogP contribution in [0.5, 0.6) is 0 Å². The summed E-state index contributed by atoms with van der Waals surface area (Å²) in [4.78, 5) is 13.0. The van der Waals surface area contributed by atoms with Gasteiger partial charge in [0, 0.05) is 6.42 Å². The largest absolute Gasteiger partial charge is 0.390 e. The van der Waals surface area contributed by atoms with E-state index in [9.17, 15) is 30.3 Å². The van der Waals surface area contributed by atoms with Crippen molar-refractivity contribution in [3.8, 4) is 0 Å². The lowest BCUT2D eigenvalue weighted by Crippen LogP contribution is -2.54. The second-order valence-corrected chi connectivity index (χ2v) is 18.4. The summed E-state index contributed by atoms with van der Waals surface area (Å²) in [5.74, 6) is -0.173. The molecule has 346 valence electrons. The van der Waals surface area contributed by atoms with Crippen molar-refractivity contribution in [3.05, 3.63) is 0 Å². The smallest absolute Gasteiger partial charge is 0.220 e. The van der Waals surface area contributed by atoms with Gasteiger partial charge < -0.3 is 35.6 Å². The normalized spacial score (nSPS) is 20.0. The van der Waals surface area contributed by atoms with Crippen LogP contribution in [-0.2, 0) is 9.53 Å². The molecule has 0 aromatic carbocycles. The molecule has 6 N–H and O–H groups in total. The summed E-state index contributed by atoms with van der Waals surface area (Å²) in [5.41, 5.74) is 0. The molecule has 0 aromatic rings. The van der Waals surface area contributed by atoms with Gasteiger partial charge in [-0.05, 0) is 25.7 Å². The lowest BCUT2D eigenvalue weighted by atomic mass is 9.89. The van der Waals surface area contributed by atoms with E-state index < -0.39 is 42.7 Å². The zero-order chi connectivity index (χ0) is 42.3. The Morgan fingerprint density at radius 3 is 1.22 bits per heavy atom. The van der Waals surface area contributed by atoms with Crippen molar-refractivity contribution in [2.75, 3.05) is 6.61 Å². The summed E-state index contributed by atoms with van der Waals surface area (Å²) in [6.07, 6.45) is 40.2. The zero-order valence-corrected chi connectivity index (χ0v) is 38.4. The predicted octanol–water partition coefficient (Wildman–Crippen LogP) is 11.9. The Hall–Kier alpha value is -0.770. The van der Waals surface area contributed by atoms with Gasteiger partial charge in [-0.2, -0.15) is 0 Å². The van der Waals surface area contributed by atoms with Crippen molar-refractivity contribution in [1.29, 1.82) is 0 Å². The minimum absolute atomic E-state index is 0.0909. The molecule has 7 atom stereocenters. The number of ether oxygens (including phenoxy) is 1. The molecule has 1 fully saturated rings. The minimum Gasteiger partial charge on any atom is -0.390 e. The van der Waals surface area contributed by atoms with E-state index in [1.165, 1.54) is 186 Å². The summed E-state index contributed by atoms with van der Waals surface area (Å²) in [7, 11) is 0. The van der Waals surface area contributed by atoms with E-state index in [1.54, 1.807) is 0 Å². The number of unbranched alkanes of at least 4 members (excludes halogenated alkanes) is 33. The van der Waals surface area contributed by atoms with Crippen molar-refractivity contribution >= 4 is 5.91 Å². The van der Waals surface area contributed by atoms with Crippen LogP contribution in [0.4, 0.5) is 0 Å². The molecule has 7 unspecified atom stereocenters. The molecule has 0 heterocycles.